The molecule has 1 heterocycles. The fourth-order valence-electron chi connectivity index (χ4n) is 1.83. The predicted octanol–water partition coefficient (Wildman–Crippen LogP) is 2.22. The molecule has 1 aromatic rings. The van der Waals surface area contributed by atoms with E-state index in [1.165, 1.54) is 12.1 Å². The van der Waals surface area contributed by atoms with E-state index in [4.69, 9.17) is 34.8 Å². The molecule has 1 aromatic carbocycles. The van der Waals surface area contributed by atoms with Gasteiger partial charge in [0, 0.05) is 5.02 Å². The van der Waals surface area contributed by atoms with E-state index in [1.807, 2.05) is 0 Å². The van der Waals surface area contributed by atoms with Crippen molar-refractivity contribution in [3.05, 3.63) is 27.2 Å². The Morgan fingerprint density at radius 3 is 2.17 bits per heavy atom. The number of aliphatic hydroxyl groups excluding tert-OH is 1. The molecule has 1 aliphatic rings. The van der Waals surface area contributed by atoms with Gasteiger partial charge in [-0.2, -0.15) is 0 Å². The molecule has 2 N–H and O–H groups in total. The highest BCUT2D eigenvalue weighted by Gasteiger charge is 2.36. The van der Waals surface area contributed by atoms with Crippen molar-refractivity contribution in [3.63, 3.8) is 0 Å². The second-order valence-electron chi connectivity index (χ2n) is 4.14. The summed E-state index contributed by atoms with van der Waals surface area (Å²) in [7, 11) is -3.22. The van der Waals surface area contributed by atoms with Gasteiger partial charge in [-0.15, -0.1) is 0 Å². The highest BCUT2D eigenvalue weighted by atomic mass is 35.5. The molecule has 0 bridgehead atoms. The monoisotopic (exact) mass is 329 g/mol. The summed E-state index contributed by atoms with van der Waals surface area (Å²) in [6.45, 7) is 0. The third-order valence-corrected chi connectivity index (χ3v) is 5.19. The molecule has 0 amide bonds. The molecule has 0 aliphatic carbocycles. The van der Waals surface area contributed by atoms with Crippen LogP contribution in [0.5, 0.6) is 0 Å². The minimum absolute atomic E-state index is 0.149. The van der Waals surface area contributed by atoms with E-state index in [1.54, 1.807) is 0 Å². The highest BCUT2D eigenvalue weighted by molar-refractivity contribution is 7.91. The molecule has 2 unspecified atom stereocenters. The molecule has 0 aromatic heterocycles. The van der Waals surface area contributed by atoms with Crippen molar-refractivity contribution >= 4 is 50.3 Å². The minimum Gasteiger partial charge on any atom is -0.390 e. The first-order chi connectivity index (χ1) is 8.28. The van der Waals surface area contributed by atoms with Gasteiger partial charge in [-0.25, -0.2) is 8.42 Å². The summed E-state index contributed by atoms with van der Waals surface area (Å²) in [4.78, 5) is 0. The van der Waals surface area contributed by atoms with E-state index in [2.05, 4.69) is 5.32 Å². The standard InChI is InChI=1S/C10H10Cl3NO3S/c11-5-1-6(12)10(7(13)2-5)14-8-3-18(16,17)4-9(8)15/h1-2,8-9,14-15H,3-4H2. The number of rotatable bonds is 2. The molecule has 4 nitrogen and oxygen atoms in total. The van der Waals surface area contributed by atoms with Crippen LogP contribution in [-0.2, 0) is 9.84 Å². The van der Waals surface area contributed by atoms with Crippen molar-refractivity contribution in [2.45, 2.75) is 12.1 Å². The van der Waals surface area contributed by atoms with E-state index < -0.39 is 22.0 Å². The van der Waals surface area contributed by atoms with Crippen LogP contribution in [0.1, 0.15) is 0 Å². The van der Waals surface area contributed by atoms with Crippen LogP contribution in [0.25, 0.3) is 0 Å². The molecule has 1 aliphatic heterocycles. The van der Waals surface area contributed by atoms with Gasteiger partial charge in [0.25, 0.3) is 0 Å². The number of benzene rings is 1. The second kappa shape index (κ2) is 5.06. The number of nitrogens with one attached hydrogen (secondary N) is 1. The van der Waals surface area contributed by atoms with Gasteiger partial charge >= 0.3 is 0 Å². The Hall–Kier alpha value is -0.200. The largest absolute Gasteiger partial charge is 0.390 e. The SMILES string of the molecule is O=S1(=O)CC(O)C(Nc2c(Cl)cc(Cl)cc2Cl)C1. The van der Waals surface area contributed by atoms with Crippen LogP contribution in [0.2, 0.25) is 15.1 Å². The number of anilines is 1. The van der Waals surface area contributed by atoms with Crippen LogP contribution in [-0.4, -0.2) is 37.2 Å². The Bertz CT molecular complexity index is 553. The molecular formula is C10H10Cl3NO3S. The first-order valence-corrected chi connectivity index (χ1v) is 8.03. The number of hydrogen-bond donors (Lipinski definition) is 2. The average molecular weight is 331 g/mol. The summed E-state index contributed by atoms with van der Waals surface area (Å²) in [5, 5.41) is 13.5. The lowest BCUT2D eigenvalue weighted by Gasteiger charge is -2.18. The topological polar surface area (TPSA) is 66.4 Å². The summed E-state index contributed by atoms with van der Waals surface area (Å²) in [6, 6.07) is 2.37. The maximum Gasteiger partial charge on any atom is 0.155 e. The summed E-state index contributed by atoms with van der Waals surface area (Å²) in [5.41, 5.74) is 0.379. The van der Waals surface area contributed by atoms with Crippen LogP contribution < -0.4 is 5.32 Å². The normalized spacial score (nSPS) is 26.2. The Kier molecular flexibility index (Phi) is 3.99. The van der Waals surface area contributed by atoms with E-state index in [0.717, 1.165) is 0 Å². The summed E-state index contributed by atoms with van der Waals surface area (Å²) in [5.74, 6) is -0.406. The van der Waals surface area contributed by atoms with Crippen LogP contribution in [0.4, 0.5) is 5.69 Å². The van der Waals surface area contributed by atoms with Gasteiger partial charge in [-0.3, -0.25) is 0 Å². The molecule has 2 rings (SSSR count). The van der Waals surface area contributed by atoms with Gasteiger partial charge in [0.15, 0.2) is 9.84 Å². The zero-order valence-electron chi connectivity index (χ0n) is 9.03. The lowest BCUT2D eigenvalue weighted by atomic mass is 10.2. The molecule has 18 heavy (non-hydrogen) atoms. The fraction of sp³-hybridized carbons (Fsp3) is 0.400. The average Bonchev–Trinajstić information content (AvgIpc) is 2.45. The molecule has 8 heteroatoms. The van der Waals surface area contributed by atoms with Crippen molar-refractivity contribution < 1.29 is 13.5 Å². The van der Waals surface area contributed by atoms with E-state index in [0.29, 0.717) is 10.7 Å². The highest BCUT2D eigenvalue weighted by Crippen LogP contribution is 2.35. The summed E-state index contributed by atoms with van der Waals surface area (Å²) >= 11 is 17.7. The van der Waals surface area contributed by atoms with Gasteiger partial charge in [-0.05, 0) is 12.1 Å². The van der Waals surface area contributed by atoms with E-state index in [9.17, 15) is 13.5 Å². The van der Waals surface area contributed by atoms with Crippen LogP contribution in [0.15, 0.2) is 12.1 Å². The van der Waals surface area contributed by atoms with Gasteiger partial charge in [0.2, 0.25) is 0 Å². The third-order valence-electron chi connectivity index (χ3n) is 2.66. The number of halogens is 3. The molecule has 0 spiro atoms. The number of hydrogen-bond acceptors (Lipinski definition) is 4. The van der Waals surface area contributed by atoms with E-state index >= 15 is 0 Å². The first kappa shape index (κ1) is 14.2. The van der Waals surface area contributed by atoms with Crippen LogP contribution in [0.3, 0.4) is 0 Å². The van der Waals surface area contributed by atoms with Gasteiger partial charge in [0.05, 0.1) is 39.4 Å². The molecular weight excluding hydrogens is 321 g/mol. The quantitative estimate of drug-likeness (QED) is 0.872. The second-order valence-corrected chi connectivity index (χ2v) is 7.54. The van der Waals surface area contributed by atoms with Crippen molar-refractivity contribution in [2.75, 3.05) is 16.8 Å². The first-order valence-electron chi connectivity index (χ1n) is 5.08. The predicted molar refractivity (Wildman–Crippen MR) is 73.5 cm³/mol. The Labute approximate surface area is 120 Å². The number of aliphatic hydroxyl groups is 1. The zero-order chi connectivity index (χ0) is 13.5. The van der Waals surface area contributed by atoms with Crippen molar-refractivity contribution in [3.8, 4) is 0 Å². The molecule has 1 fully saturated rings. The van der Waals surface area contributed by atoms with Gasteiger partial charge in [0.1, 0.15) is 0 Å². The third kappa shape index (κ3) is 3.03. The Morgan fingerprint density at radius 2 is 1.72 bits per heavy atom. The van der Waals surface area contributed by atoms with Gasteiger partial charge in [-0.1, -0.05) is 34.8 Å². The lowest BCUT2D eigenvalue weighted by Crippen LogP contribution is -2.32. The van der Waals surface area contributed by atoms with Crippen LogP contribution in [0, 0.1) is 0 Å². The molecule has 2 atom stereocenters. The molecule has 100 valence electrons. The molecule has 1 saturated heterocycles. The summed E-state index contributed by atoms with van der Waals surface area (Å²) < 4.78 is 22.8. The lowest BCUT2D eigenvalue weighted by molar-refractivity contribution is 0.190. The fourth-order valence-corrected chi connectivity index (χ4v) is 4.50. The van der Waals surface area contributed by atoms with Gasteiger partial charge < -0.3 is 10.4 Å². The maximum atomic E-state index is 11.4. The Morgan fingerprint density at radius 1 is 1.17 bits per heavy atom. The van der Waals surface area contributed by atoms with Crippen LogP contribution >= 0.6 is 34.8 Å². The van der Waals surface area contributed by atoms with Crippen molar-refractivity contribution in [2.24, 2.45) is 0 Å². The van der Waals surface area contributed by atoms with E-state index in [-0.39, 0.29) is 21.6 Å². The maximum absolute atomic E-state index is 11.4. The summed E-state index contributed by atoms with van der Waals surface area (Å²) in [6.07, 6.45) is -0.974. The van der Waals surface area contributed by atoms with Crippen molar-refractivity contribution in [1.29, 1.82) is 0 Å². The molecule has 0 radical (unpaired) electrons. The zero-order valence-corrected chi connectivity index (χ0v) is 12.1. The number of sulfone groups is 1. The smallest absolute Gasteiger partial charge is 0.155 e. The Balaban J connectivity index is 2.26. The molecule has 0 saturated carbocycles. The minimum atomic E-state index is -3.22. The van der Waals surface area contributed by atoms with Crippen molar-refractivity contribution in [1.82, 2.24) is 0 Å².